The van der Waals surface area contributed by atoms with E-state index in [2.05, 4.69) is 0 Å². The van der Waals surface area contributed by atoms with Crippen molar-refractivity contribution >= 4 is 11.9 Å². The lowest BCUT2D eigenvalue weighted by Gasteiger charge is -2.41. The SMILES string of the molecule is CC(F)(c1ccc2c(c1)CCC1CN(C(=O)C3CCCC(C(=O)O)C3)CC21Cc1ccc(F)cc1)C(F)(F)F. The number of rotatable bonds is 5. The number of aliphatic carboxylic acids is 1. The first kappa shape index (κ1) is 27.6. The van der Waals surface area contributed by atoms with Crippen LogP contribution < -0.4 is 0 Å². The highest BCUT2D eigenvalue weighted by Crippen LogP contribution is 2.51. The standard InChI is InChI=1S/C30H32F5NO3/c1-28(32,30(33,34)35)22-9-12-25-19(14-22)7-8-23-16-36(26(37)20-3-2-4-21(13-20)27(38)39)17-29(23,25)15-18-5-10-24(31)11-6-18/h5-6,9-12,14,20-21,23H,2-4,7-8,13,15-17H2,1H3,(H,38,39). The van der Waals surface area contributed by atoms with E-state index in [1.54, 1.807) is 23.1 Å². The minimum absolute atomic E-state index is 0.00286. The third-order valence-electron chi connectivity index (χ3n) is 9.29. The molecule has 0 radical (unpaired) electrons. The number of carbonyl (C=O) groups excluding carboxylic acids is 1. The predicted octanol–water partition coefficient (Wildman–Crippen LogP) is 6.35. The zero-order valence-corrected chi connectivity index (χ0v) is 21.7. The largest absolute Gasteiger partial charge is 0.481 e. The monoisotopic (exact) mass is 549 g/mol. The van der Waals surface area contributed by atoms with Crippen LogP contribution in [0, 0.1) is 23.6 Å². The maximum absolute atomic E-state index is 14.9. The van der Waals surface area contributed by atoms with Gasteiger partial charge in [-0.15, -0.1) is 0 Å². The molecule has 210 valence electrons. The average Bonchev–Trinajstić information content (AvgIpc) is 3.28. The van der Waals surface area contributed by atoms with Gasteiger partial charge in [0.1, 0.15) is 5.82 Å². The second-order valence-corrected chi connectivity index (χ2v) is 11.7. The predicted molar refractivity (Wildman–Crippen MR) is 134 cm³/mol. The first-order valence-electron chi connectivity index (χ1n) is 13.5. The molecule has 1 aliphatic heterocycles. The minimum Gasteiger partial charge on any atom is -0.481 e. The van der Waals surface area contributed by atoms with E-state index in [0.717, 1.165) is 11.1 Å². The molecule has 2 aliphatic carbocycles. The summed E-state index contributed by atoms with van der Waals surface area (Å²) in [7, 11) is 0. The third kappa shape index (κ3) is 4.93. The van der Waals surface area contributed by atoms with Gasteiger partial charge in [-0.3, -0.25) is 9.59 Å². The molecule has 2 aromatic rings. The summed E-state index contributed by atoms with van der Waals surface area (Å²) in [4.78, 5) is 27.0. The van der Waals surface area contributed by atoms with Gasteiger partial charge in [0.05, 0.1) is 5.92 Å². The lowest BCUT2D eigenvalue weighted by atomic mass is 9.62. The van der Waals surface area contributed by atoms with Gasteiger partial charge >= 0.3 is 12.1 Å². The molecule has 1 heterocycles. The van der Waals surface area contributed by atoms with Crippen molar-refractivity contribution in [2.45, 2.75) is 69.1 Å². The molecule has 2 fully saturated rings. The van der Waals surface area contributed by atoms with Gasteiger partial charge in [0.2, 0.25) is 11.6 Å². The molecule has 5 rings (SSSR count). The summed E-state index contributed by atoms with van der Waals surface area (Å²) in [5, 5.41) is 9.49. The number of nitrogens with zero attached hydrogens (tertiary/aromatic N) is 1. The van der Waals surface area contributed by atoms with Crippen molar-refractivity contribution in [3.05, 3.63) is 70.5 Å². The number of benzene rings is 2. The molecule has 9 heteroatoms. The van der Waals surface area contributed by atoms with Gasteiger partial charge in [-0.25, -0.2) is 8.78 Å². The number of hydrogen-bond acceptors (Lipinski definition) is 2. The molecular formula is C30H32F5NO3. The third-order valence-corrected chi connectivity index (χ3v) is 9.29. The van der Waals surface area contributed by atoms with E-state index in [9.17, 15) is 36.6 Å². The van der Waals surface area contributed by atoms with Crippen LogP contribution in [0.5, 0.6) is 0 Å². The second-order valence-electron chi connectivity index (χ2n) is 11.7. The van der Waals surface area contributed by atoms with E-state index >= 15 is 0 Å². The molecule has 0 spiro atoms. The molecule has 3 aliphatic rings. The van der Waals surface area contributed by atoms with Gasteiger partial charge < -0.3 is 10.0 Å². The van der Waals surface area contributed by atoms with E-state index in [0.29, 0.717) is 70.5 Å². The van der Waals surface area contributed by atoms with E-state index in [1.807, 2.05) is 0 Å². The Morgan fingerprint density at radius 3 is 2.38 bits per heavy atom. The Kier molecular flexibility index (Phi) is 7.00. The quantitative estimate of drug-likeness (QED) is 0.443. The van der Waals surface area contributed by atoms with Crippen LogP contribution in [-0.4, -0.2) is 41.1 Å². The molecule has 0 aromatic heterocycles. The smallest absolute Gasteiger partial charge is 0.426 e. The fraction of sp³-hybridized carbons (Fsp3) is 0.533. The Hall–Kier alpha value is -2.97. The summed E-state index contributed by atoms with van der Waals surface area (Å²) in [6.45, 7) is 1.30. The lowest BCUT2D eigenvalue weighted by molar-refractivity contribution is -0.228. The molecule has 39 heavy (non-hydrogen) atoms. The Labute approximate surface area is 224 Å². The van der Waals surface area contributed by atoms with Crippen LogP contribution in [0.25, 0.3) is 0 Å². The normalized spacial score (nSPS) is 28.4. The van der Waals surface area contributed by atoms with Crippen molar-refractivity contribution < 1.29 is 36.6 Å². The van der Waals surface area contributed by atoms with E-state index in [1.165, 1.54) is 24.3 Å². The molecule has 1 N–H and O–H groups in total. The van der Waals surface area contributed by atoms with Crippen molar-refractivity contribution in [2.24, 2.45) is 17.8 Å². The first-order chi connectivity index (χ1) is 18.3. The Morgan fingerprint density at radius 1 is 1.03 bits per heavy atom. The van der Waals surface area contributed by atoms with E-state index in [4.69, 9.17) is 0 Å². The number of carboxylic acid groups (broad SMARTS) is 1. The van der Waals surface area contributed by atoms with Crippen LogP contribution in [-0.2, 0) is 33.5 Å². The molecule has 1 saturated heterocycles. The fourth-order valence-corrected chi connectivity index (χ4v) is 7.05. The van der Waals surface area contributed by atoms with Crippen LogP contribution in [0.15, 0.2) is 42.5 Å². The highest BCUT2D eigenvalue weighted by atomic mass is 19.4. The second kappa shape index (κ2) is 9.89. The summed E-state index contributed by atoms with van der Waals surface area (Å²) in [6, 6.07) is 10.2. The summed E-state index contributed by atoms with van der Waals surface area (Å²) < 4.78 is 68.9. The van der Waals surface area contributed by atoms with Gasteiger partial charge in [0.25, 0.3) is 0 Å². The Bertz CT molecular complexity index is 1260. The topological polar surface area (TPSA) is 57.6 Å². The fourth-order valence-electron chi connectivity index (χ4n) is 7.05. The van der Waals surface area contributed by atoms with Gasteiger partial charge in [0.15, 0.2) is 0 Å². The number of halogens is 5. The number of likely N-dealkylation sites (tertiary alicyclic amines) is 1. The molecular weight excluding hydrogens is 517 g/mol. The summed E-state index contributed by atoms with van der Waals surface area (Å²) in [6.07, 6.45) is -1.40. The lowest BCUT2D eigenvalue weighted by Crippen LogP contribution is -2.43. The molecule has 0 bridgehead atoms. The van der Waals surface area contributed by atoms with Crippen LogP contribution >= 0.6 is 0 Å². The first-order valence-corrected chi connectivity index (χ1v) is 13.5. The Balaban J connectivity index is 1.51. The molecule has 5 atom stereocenters. The van der Waals surface area contributed by atoms with Crippen molar-refractivity contribution in [1.29, 1.82) is 0 Å². The zero-order valence-electron chi connectivity index (χ0n) is 21.7. The summed E-state index contributed by atoms with van der Waals surface area (Å²) >= 11 is 0. The van der Waals surface area contributed by atoms with Crippen molar-refractivity contribution in [3.8, 4) is 0 Å². The number of hydrogen-bond donors (Lipinski definition) is 1. The molecule has 2 aromatic carbocycles. The van der Waals surface area contributed by atoms with Crippen molar-refractivity contribution in [2.75, 3.05) is 13.1 Å². The van der Waals surface area contributed by atoms with Crippen LogP contribution in [0.1, 0.15) is 61.3 Å². The maximum Gasteiger partial charge on any atom is 0.426 e. The van der Waals surface area contributed by atoms with Gasteiger partial charge in [-0.05, 0) is 85.8 Å². The summed E-state index contributed by atoms with van der Waals surface area (Å²) in [5.74, 6) is -2.29. The van der Waals surface area contributed by atoms with E-state index < -0.39 is 34.7 Å². The van der Waals surface area contributed by atoms with Gasteiger partial charge in [-0.1, -0.05) is 36.8 Å². The van der Waals surface area contributed by atoms with Crippen LogP contribution in [0.3, 0.4) is 0 Å². The zero-order chi connectivity index (χ0) is 28.2. The van der Waals surface area contributed by atoms with Crippen LogP contribution in [0.4, 0.5) is 22.0 Å². The molecule has 5 unspecified atom stereocenters. The minimum atomic E-state index is -5.06. The number of carboxylic acids is 1. The van der Waals surface area contributed by atoms with E-state index in [-0.39, 0.29) is 23.6 Å². The number of carbonyl (C=O) groups is 2. The van der Waals surface area contributed by atoms with Crippen molar-refractivity contribution in [3.63, 3.8) is 0 Å². The van der Waals surface area contributed by atoms with Gasteiger partial charge in [-0.2, -0.15) is 13.2 Å². The Morgan fingerprint density at radius 2 is 1.72 bits per heavy atom. The number of fused-ring (bicyclic) bond motifs is 3. The summed E-state index contributed by atoms with van der Waals surface area (Å²) in [5.41, 5.74) is -2.31. The molecule has 1 amide bonds. The average molecular weight is 550 g/mol. The molecule has 4 nitrogen and oxygen atoms in total. The van der Waals surface area contributed by atoms with Crippen LogP contribution in [0.2, 0.25) is 0 Å². The number of amides is 1. The van der Waals surface area contributed by atoms with Crippen molar-refractivity contribution in [1.82, 2.24) is 4.90 Å². The highest BCUT2D eigenvalue weighted by Gasteiger charge is 2.55. The maximum atomic E-state index is 14.9. The highest BCUT2D eigenvalue weighted by molar-refractivity contribution is 5.81. The van der Waals surface area contributed by atoms with Gasteiger partial charge in [0, 0.05) is 24.4 Å². The number of alkyl halides is 4. The molecule has 1 saturated carbocycles. The number of aryl methyl sites for hydroxylation is 1.